The number of amides is 3. The van der Waals surface area contributed by atoms with Crippen molar-refractivity contribution in [2.75, 3.05) is 43.2 Å². The number of nitrogens with zero attached hydrogens (tertiary/aromatic N) is 3. The van der Waals surface area contributed by atoms with Crippen molar-refractivity contribution in [1.82, 2.24) is 10.2 Å². The molecule has 6 rings (SSSR count). The SMILES string of the molecule is N#Cc1ccc(C(=O)N2CCCN(c3ccc(C(=O)NC4CCC(N)CC4)cc3NC(=O)c3ccc4c(c3)OCO4)CC2)cc1. The van der Waals surface area contributed by atoms with Crippen LogP contribution in [0.3, 0.4) is 0 Å². The van der Waals surface area contributed by atoms with Crippen LogP contribution in [0.15, 0.2) is 60.7 Å². The van der Waals surface area contributed by atoms with Crippen molar-refractivity contribution < 1.29 is 23.9 Å². The molecule has 3 aromatic carbocycles. The molecule has 4 N–H and O–H groups in total. The Balaban J connectivity index is 1.22. The number of carbonyl (C=O) groups is 3. The van der Waals surface area contributed by atoms with Gasteiger partial charge in [0.25, 0.3) is 17.7 Å². The van der Waals surface area contributed by atoms with Crippen molar-refractivity contribution in [2.45, 2.75) is 44.2 Å². The van der Waals surface area contributed by atoms with Gasteiger partial charge in [0.05, 0.1) is 23.0 Å². The summed E-state index contributed by atoms with van der Waals surface area (Å²) in [5, 5.41) is 15.2. The van der Waals surface area contributed by atoms with Crippen LogP contribution in [0.4, 0.5) is 11.4 Å². The third kappa shape index (κ3) is 6.86. The summed E-state index contributed by atoms with van der Waals surface area (Å²) in [6.07, 6.45) is 4.14. The highest BCUT2D eigenvalue weighted by molar-refractivity contribution is 6.07. The molecule has 3 aromatic rings. The number of fused-ring (bicyclic) bond motifs is 1. The van der Waals surface area contributed by atoms with Gasteiger partial charge in [-0.1, -0.05) is 0 Å². The summed E-state index contributed by atoms with van der Waals surface area (Å²) in [6.45, 7) is 2.33. The fourth-order valence-electron chi connectivity index (χ4n) is 6.05. The monoisotopic (exact) mass is 608 g/mol. The molecule has 11 heteroatoms. The minimum absolute atomic E-state index is 0.0638. The summed E-state index contributed by atoms with van der Waals surface area (Å²) in [6, 6.07) is 19.3. The predicted octanol–water partition coefficient (Wildman–Crippen LogP) is 3.89. The molecule has 1 saturated carbocycles. The lowest BCUT2D eigenvalue weighted by atomic mass is 9.91. The van der Waals surface area contributed by atoms with Gasteiger partial charge in [-0.2, -0.15) is 5.26 Å². The Kier molecular flexibility index (Phi) is 8.84. The number of nitrogens with two attached hydrogens (primary N) is 1. The zero-order valence-electron chi connectivity index (χ0n) is 25.0. The van der Waals surface area contributed by atoms with E-state index in [2.05, 4.69) is 21.6 Å². The zero-order chi connectivity index (χ0) is 31.3. The van der Waals surface area contributed by atoms with E-state index >= 15 is 0 Å². The number of nitrogens with one attached hydrogen (secondary N) is 2. The third-order valence-electron chi connectivity index (χ3n) is 8.63. The average molecular weight is 609 g/mol. The minimum Gasteiger partial charge on any atom is -0.454 e. The quantitative estimate of drug-likeness (QED) is 0.382. The lowest BCUT2D eigenvalue weighted by Crippen LogP contribution is -2.40. The van der Waals surface area contributed by atoms with Crippen molar-refractivity contribution in [1.29, 1.82) is 5.26 Å². The van der Waals surface area contributed by atoms with Crippen LogP contribution in [0.2, 0.25) is 0 Å². The minimum atomic E-state index is -0.346. The molecule has 1 aliphatic carbocycles. The molecule has 3 amide bonds. The molecule has 3 aliphatic rings. The number of hydrogen-bond acceptors (Lipinski definition) is 8. The number of benzene rings is 3. The summed E-state index contributed by atoms with van der Waals surface area (Å²) in [4.78, 5) is 44.0. The molecular formula is C34H36N6O5. The highest BCUT2D eigenvalue weighted by Crippen LogP contribution is 2.34. The molecule has 0 bridgehead atoms. The largest absolute Gasteiger partial charge is 0.454 e. The van der Waals surface area contributed by atoms with Gasteiger partial charge in [0, 0.05) is 55.0 Å². The first-order valence-electron chi connectivity index (χ1n) is 15.3. The molecule has 2 fully saturated rings. The number of rotatable bonds is 6. The normalized spacial score (nSPS) is 19.3. The van der Waals surface area contributed by atoms with Crippen LogP contribution < -0.4 is 30.7 Å². The van der Waals surface area contributed by atoms with Crippen molar-refractivity contribution in [2.24, 2.45) is 5.73 Å². The van der Waals surface area contributed by atoms with E-state index in [4.69, 9.17) is 20.5 Å². The second kappa shape index (κ2) is 13.3. The highest BCUT2D eigenvalue weighted by atomic mass is 16.7. The topological polar surface area (TPSA) is 150 Å². The zero-order valence-corrected chi connectivity index (χ0v) is 25.0. The number of hydrogen-bond donors (Lipinski definition) is 3. The highest BCUT2D eigenvalue weighted by Gasteiger charge is 2.25. The van der Waals surface area contributed by atoms with Gasteiger partial charge in [0.2, 0.25) is 6.79 Å². The van der Waals surface area contributed by atoms with Crippen molar-refractivity contribution in [3.05, 3.63) is 82.9 Å². The first-order valence-corrected chi connectivity index (χ1v) is 15.3. The molecular weight excluding hydrogens is 572 g/mol. The fraction of sp³-hybridized carbons (Fsp3) is 0.353. The molecule has 232 valence electrons. The van der Waals surface area contributed by atoms with Gasteiger partial charge in [-0.25, -0.2) is 0 Å². The molecule has 0 radical (unpaired) electrons. The maximum atomic E-state index is 13.5. The van der Waals surface area contributed by atoms with E-state index in [0.29, 0.717) is 72.0 Å². The average Bonchev–Trinajstić information content (AvgIpc) is 3.41. The van der Waals surface area contributed by atoms with Gasteiger partial charge >= 0.3 is 0 Å². The van der Waals surface area contributed by atoms with E-state index in [1.54, 1.807) is 54.6 Å². The molecule has 45 heavy (non-hydrogen) atoms. The Morgan fingerprint density at radius 2 is 1.51 bits per heavy atom. The number of anilines is 2. The molecule has 0 aromatic heterocycles. The van der Waals surface area contributed by atoms with E-state index in [-0.39, 0.29) is 36.6 Å². The summed E-state index contributed by atoms with van der Waals surface area (Å²) in [5.74, 6) is 0.451. The second-order valence-electron chi connectivity index (χ2n) is 11.7. The van der Waals surface area contributed by atoms with E-state index < -0.39 is 0 Å². The number of ether oxygens (including phenoxy) is 2. The maximum absolute atomic E-state index is 13.5. The van der Waals surface area contributed by atoms with Gasteiger partial charge in [0.15, 0.2) is 11.5 Å². The van der Waals surface area contributed by atoms with Crippen molar-refractivity contribution in [3.63, 3.8) is 0 Å². The lowest BCUT2D eigenvalue weighted by Gasteiger charge is -2.28. The molecule has 11 nitrogen and oxygen atoms in total. The van der Waals surface area contributed by atoms with Gasteiger partial charge in [-0.3, -0.25) is 14.4 Å². The van der Waals surface area contributed by atoms with Crippen LogP contribution in [-0.2, 0) is 0 Å². The van der Waals surface area contributed by atoms with E-state index in [1.807, 2.05) is 11.0 Å². The van der Waals surface area contributed by atoms with Gasteiger partial charge < -0.3 is 35.6 Å². The van der Waals surface area contributed by atoms with Crippen LogP contribution in [0.25, 0.3) is 0 Å². The maximum Gasteiger partial charge on any atom is 0.255 e. The summed E-state index contributed by atoms with van der Waals surface area (Å²) < 4.78 is 10.8. The molecule has 0 atom stereocenters. The van der Waals surface area contributed by atoms with Crippen LogP contribution in [0.1, 0.15) is 68.7 Å². The van der Waals surface area contributed by atoms with Crippen LogP contribution >= 0.6 is 0 Å². The number of nitriles is 1. The van der Waals surface area contributed by atoms with Crippen LogP contribution in [0, 0.1) is 11.3 Å². The first kappa shape index (κ1) is 30.0. The lowest BCUT2D eigenvalue weighted by molar-refractivity contribution is 0.0766. The predicted molar refractivity (Wildman–Crippen MR) is 169 cm³/mol. The fourth-order valence-corrected chi connectivity index (χ4v) is 6.05. The molecule has 2 aliphatic heterocycles. The Labute approximate surface area is 261 Å². The Morgan fingerprint density at radius 1 is 0.800 bits per heavy atom. The Morgan fingerprint density at radius 3 is 2.29 bits per heavy atom. The summed E-state index contributed by atoms with van der Waals surface area (Å²) in [7, 11) is 0. The first-order chi connectivity index (χ1) is 21.9. The Bertz CT molecular complexity index is 1630. The van der Waals surface area contributed by atoms with E-state index in [1.165, 1.54) is 0 Å². The molecule has 1 saturated heterocycles. The van der Waals surface area contributed by atoms with E-state index in [9.17, 15) is 14.4 Å². The van der Waals surface area contributed by atoms with Crippen molar-refractivity contribution >= 4 is 29.1 Å². The summed E-state index contributed by atoms with van der Waals surface area (Å²) >= 11 is 0. The van der Waals surface area contributed by atoms with Crippen LogP contribution in [0.5, 0.6) is 11.5 Å². The smallest absolute Gasteiger partial charge is 0.255 e. The van der Waals surface area contributed by atoms with E-state index in [0.717, 1.165) is 31.4 Å². The van der Waals surface area contributed by atoms with Gasteiger partial charge in [-0.05, 0) is 92.8 Å². The Hall–Kier alpha value is -5.08. The molecule has 2 heterocycles. The van der Waals surface area contributed by atoms with Gasteiger partial charge in [-0.15, -0.1) is 0 Å². The molecule has 0 unspecified atom stereocenters. The number of carbonyl (C=O) groups excluding carboxylic acids is 3. The van der Waals surface area contributed by atoms with Crippen LogP contribution in [-0.4, -0.2) is 67.7 Å². The van der Waals surface area contributed by atoms with Crippen molar-refractivity contribution in [3.8, 4) is 17.6 Å². The molecule has 0 spiro atoms. The third-order valence-corrected chi connectivity index (χ3v) is 8.63. The second-order valence-corrected chi connectivity index (χ2v) is 11.7. The summed E-state index contributed by atoms with van der Waals surface area (Å²) in [5.41, 5.74) is 9.19. The van der Waals surface area contributed by atoms with Gasteiger partial charge in [0.1, 0.15) is 0 Å². The standard InChI is InChI=1S/C34H36N6O5/c35-20-22-2-4-23(5-3-22)34(43)40-15-1-14-39(16-17-40)29-12-6-24(32(41)37-27-10-8-26(36)9-11-27)18-28(29)38-33(42)25-7-13-30-31(19-25)45-21-44-30/h2-7,12-13,18-19,26-27H,1,8-11,14-17,21,36H2,(H,37,41)(H,38,42).